The lowest BCUT2D eigenvalue weighted by molar-refractivity contribution is 0.0698. The minimum atomic E-state index is -0.964. The Morgan fingerprint density at radius 1 is 1.44 bits per heavy atom. The normalized spacial score (nSPS) is 10.0. The Morgan fingerprint density at radius 2 is 2.31 bits per heavy atom. The molecule has 0 saturated carbocycles. The van der Waals surface area contributed by atoms with Crippen LogP contribution in [0.4, 0.5) is 5.69 Å². The molecule has 2 aromatic rings. The molecule has 0 unspecified atom stereocenters. The molecule has 16 heavy (non-hydrogen) atoms. The summed E-state index contributed by atoms with van der Waals surface area (Å²) in [6.07, 6.45) is 4.71. The van der Waals surface area contributed by atoms with E-state index in [9.17, 15) is 4.79 Å². The molecule has 0 atom stereocenters. The summed E-state index contributed by atoms with van der Waals surface area (Å²) in [5.41, 5.74) is 2.47. The Kier molecular flexibility index (Phi) is 3.11. The van der Waals surface area contributed by atoms with Crippen molar-refractivity contribution in [3.8, 4) is 0 Å². The maximum atomic E-state index is 10.9. The van der Waals surface area contributed by atoms with Crippen molar-refractivity contribution >= 4 is 23.0 Å². The fourth-order valence-electron chi connectivity index (χ4n) is 1.23. The van der Waals surface area contributed by atoms with Crippen molar-refractivity contribution in [2.75, 3.05) is 5.32 Å². The maximum absolute atomic E-state index is 10.9. The van der Waals surface area contributed by atoms with Crippen LogP contribution in [0.3, 0.4) is 0 Å². The SMILES string of the molecule is O=C(O)c1ccncc1NCc1cncs1. The molecule has 82 valence electrons. The largest absolute Gasteiger partial charge is 0.478 e. The minimum Gasteiger partial charge on any atom is -0.478 e. The molecule has 0 amide bonds. The lowest BCUT2D eigenvalue weighted by Gasteiger charge is -2.06. The standard InChI is InChI=1S/C10H9N3O2S/c14-10(15)8-1-2-11-5-9(8)13-4-7-3-12-6-16-7/h1-3,5-6,13H,4H2,(H,14,15). The van der Waals surface area contributed by atoms with Gasteiger partial charge in [-0.15, -0.1) is 11.3 Å². The Labute approximate surface area is 95.8 Å². The molecule has 0 aliphatic heterocycles. The molecule has 5 nitrogen and oxygen atoms in total. The van der Waals surface area contributed by atoms with Crippen molar-refractivity contribution in [2.24, 2.45) is 0 Å². The van der Waals surface area contributed by atoms with E-state index in [-0.39, 0.29) is 5.56 Å². The van der Waals surface area contributed by atoms with Gasteiger partial charge in [-0.1, -0.05) is 0 Å². The molecule has 0 spiro atoms. The fraction of sp³-hybridized carbons (Fsp3) is 0.100. The summed E-state index contributed by atoms with van der Waals surface area (Å²) in [6, 6.07) is 1.47. The van der Waals surface area contributed by atoms with E-state index in [0.717, 1.165) is 4.88 Å². The summed E-state index contributed by atoms with van der Waals surface area (Å²) in [7, 11) is 0. The van der Waals surface area contributed by atoms with Gasteiger partial charge >= 0.3 is 5.97 Å². The van der Waals surface area contributed by atoms with Crippen LogP contribution in [0.15, 0.2) is 30.2 Å². The molecule has 2 aromatic heterocycles. The molecular weight excluding hydrogens is 226 g/mol. The summed E-state index contributed by atoms with van der Waals surface area (Å²) < 4.78 is 0. The highest BCUT2D eigenvalue weighted by molar-refractivity contribution is 7.09. The summed E-state index contributed by atoms with van der Waals surface area (Å²) in [4.78, 5) is 19.8. The number of carbonyl (C=O) groups is 1. The van der Waals surface area contributed by atoms with E-state index in [1.165, 1.54) is 29.8 Å². The molecule has 0 aliphatic carbocycles. The second-order valence-electron chi connectivity index (χ2n) is 3.05. The number of nitrogens with zero attached hydrogens (tertiary/aromatic N) is 2. The molecule has 6 heteroatoms. The third kappa shape index (κ3) is 2.34. The lowest BCUT2D eigenvalue weighted by atomic mass is 10.2. The van der Waals surface area contributed by atoms with Gasteiger partial charge < -0.3 is 10.4 Å². The molecule has 0 saturated heterocycles. The first kappa shape index (κ1) is 10.6. The van der Waals surface area contributed by atoms with Crippen LogP contribution >= 0.6 is 11.3 Å². The van der Waals surface area contributed by atoms with Gasteiger partial charge in [0.25, 0.3) is 0 Å². The van der Waals surface area contributed by atoms with Crippen LogP contribution in [0.25, 0.3) is 0 Å². The molecule has 0 aromatic carbocycles. The number of aromatic carboxylic acids is 1. The van der Waals surface area contributed by atoms with E-state index in [0.29, 0.717) is 12.2 Å². The van der Waals surface area contributed by atoms with Crippen molar-refractivity contribution in [3.63, 3.8) is 0 Å². The Morgan fingerprint density at radius 3 is 3.00 bits per heavy atom. The second kappa shape index (κ2) is 4.71. The van der Waals surface area contributed by atoms with Crippen molar-refractivity contribution in [2.45, 2.75) is 6.54 Å². The van der Waals surface area contributed by atoms with Gasteiger partial charge in [0.05, 0.1) is 29.5 Å². The second-order valence-corrected chi connectivity index (χ2v) is 4.02. The zero-order chi connectivity index (χ0) is 11.4. The van der Waals surface area contributed by atoms with Crippen molar-refractivity contribution in [1.29, 1.82) is 0 Å². The molecule has 0 aliphatic rings. The van der Waals surface area contributed by atoms with Gasteiger partial charge in [0.1, 0.15) is 0 Å². The van der Waals surface area contributed by atoms with E-state index in [2.05, 4.69) is 15.3 Å². The highest BCUT2D eigenvalue weighted by Gasteiger charge is 2.09. The predicted octanol–water partition coefficient (Wildman–Crippen LogP) is 1.85. The quantitative estimate of drug-likeness (QED) is 0.845. The van der Waals surface area contributed by atoms with Crippen LogP contribution in [-0.4, -0.2) is 21.0 Å². The zero-order valence-corrected chi connectivity index (χ0v) is 9.07. The third-order valence-electron chi connectivity index (χ3n) is 1.99. The summed E-state index contributed by atoms with van der Waals surface area (Å²) in [5, 5.41) is 12.0. The third-order valence-corrected chi connectivity index (χ3v) is 2.77. The van der Waals surface area contributed by atoms with Crippen LogP contribution < -0.4 is 5.32 Å². The summed E-state index contributed by atoms with van der Waals surface area (Å²) in [6.45, 7) is 0.552. The van der Waals surface area contributed by atoms with Gasteiger partial charge in [-0.25, -0.2) is 4.79 Å². The number of aromatic nitrogens is 2. The van der Waals surface area contributed by atoms with Gasteiger partial charge in [0, 0.05) is 17.3 Å². The number of carboxylic acids is 1. The van der Waals surface area contributed by atoms with E-state index >= 15 is 0 Å². The van der Waals surface area contributed by atoms with Crippen LogP contribution in [-0.2, 0) is 6.54 Å². The average molecular weight is 235 g/mol. The highest BCUT2D eigenvalue weighted by Crippen LogP contribution is 2.15. The first-order valence-electron chi connectivity index (χ1n) is 4.56. The Hall–Kier alpha value is -1.95. The number of hydrogen-bond acceptors (Lipinski definition) is 5. The fourth-order valence-corrected chi connectivity index (χ4v) is 1.77. The van der Waals surface area contributed by atoms with E-state index in [1.54, 1.807) is 11.7 Å². The molecule has 0 fully saturated rings. The highest BCUT2D eigenvalue weighted by atomic mass is 32.1. The molecule has 2 heterocycles. The van der Waals surface area contributed by atoms with Gasteiger partial charge in [-0.2, -0.15) is 0 Å². The molecular formula is C10H9N3O2S. The minimum absolute atomic E-state index is 0.222. The number of carboxylic acid groups (broad SMARTS) is 1. The van der Waals surface area contributed by atoms with Gasteiger partial charge in [-0.05, 0) is 6.07 Å². The average Bonchev–Trinajstić information content (AvgIpc) is 2.79. The van der Waals surface area contributed by atoms with Crippen LogP contribution in [0, 0.1) is 0 Å². The number of thiazole rings is 1. The smallest absolute Gasteiger partial charge is 0.337 e. The van der Waals surface area contributed by atoms with Gasteiger partial charge in [-0.3, -0.25) is 9.97 Å². The van der Waals surface area contributed by atoms with Crippen molar-refractivity contribution in [1.82, 2.24) is 9.97 Å². The van der Waals surface area contributed by atoms with Crippen molar-refractivity contribution in [3.05, 3.63) is 40.6 Å². The first-order chi connectivity index (χ1) is 7.77. The molecule has 2 N–H and O–H groups in total. The number of pyridine rings is 1. The number of anilines is 1. The zero-order valence-electron chi connectivity index (χ0n) is 8.25. The van der Waals surface area contributed by atoms with E-state index < -0.39 is 5.97 Å². The maximum Gasteiger partial charge on any atom is 0.337 e. The first-order valence-corrected chi connectivity index (χ1v) is 5.44. The summed E-state index contributed by atoms with van der Waals surface area (Å²) in [5.74, 6) is -0.964. The summed E-state index contributed by atoms with van der Waals surface area (Å²) >= 11 is 1.51. The van der Waals surface area contributed by atoms with Gasteiger partial charge in [0.15, 0.2) is 0 Å². The lowest BCUT2D eigenvalue weighted by Crippen LogP contribution is -2.06. The van der Waals surface area contributed by atoms with E-state index in [1.807, 2.05) is 0 Å². The van der Waals surface area contributed by atoms with Crippen LogP contribution in [0.2, 0.25) is 0 Å². The number of hydrogen-bond donors (Lipinski definition) is 2. The number of nitrogens with one attached hydrogen (secondary N) is 1. The van der Waals surface area contributed by atoms with E-state index in [4.69, 9.17) is 5.11 Å². The van der Waals surface area contributed by atoms with Crippen molar-refractivity contribution < 1.29 is 9.90 Å². The van der Waals surface area contributed by atoms with Gasteiger partial charge in [0.2, 0.25) is 0 Å². The van der Waals surface area contributed by atoms with Crippen LogP contribution in [0.1, 0.15) is 15.2 Å². The topological polar surface area (TPSA) is 75.1 Å². The monoisotopic (exact) mass is 235 g/mol. The Bertz CT molecular complexity index is 485. The predicted molar refractivity (Wildman–Crippen MR) is 60.6 cm³/mol. The molecule has 0 radical (unpaired) electrons. The number of rotatable bonds is 4. The van der Waals surface area contributed by atoms with Crippen LogP contribution in [0.5, 0.6) is 0 Å². The molecule has 2 rings (SSSR count). The Balaban J connectivity index is 2.12. The molecule has 0 bridgehead atoms.